The molecule has 6 rings (SSSR count). The van der Waals surface area contributed by atoms with Crippen LogP contribution >= 0.6 is 0 Å². The fourth-order valence-corrected chi connectivity index (χ4v) is 5.60. The minimum absolute atomic E-state index is 0.0977. The molecule has 1 aromatic carbocycles. The van der Waals surface area contributed by atoms with Crippen molar-refractivity contribution in [1.82, 2.24) is 29.7 Å². The number of aromatic nitrogens is 3. The average Bonchev–Trinajstić information content (AvgIpc) is 3.65. The minimum atomic E-state index is -0.280. The van der Waals surface area contributed by atoms with Crippen molar-refractivity contribution in [2.45, 2.75) is 25.8 Å². The van der Waals surface area contributed by atoms with Crippen LogP contribution in [-0.2, 0) is 4.74 Å². The van der Waals surface area contributed by atoms with Gasteiger partial charge in [0, 0.05) is 61.8 Å². The first-order valence-electron chi connectivity index (χ1n) is 13.0. The van der Waals surface area contributed by atoms with E-state index in [2.05, 4.69) is 21.8 Å². The zero-order chi connectivity index (χ0) is 25.4. The lowest BCUT2D eigenvalue weighted by molar-refractivity contribution is 0.0737. The van der Waals surface area contributed by atoms with Crippen LogP contribution in [0, 0.1) is 5.92 Å². The highest BCUT2D eigenvalue weighted by molar-refractivity contribution is 5.95. The predicted octanol–water partition coefficient (Wildman–Crippen LogP) is 3.15. The van der Waals surface area contributed by atoms with Gasteiger partial charge >= 0.3 is 6.09 Å². The summed E-state index contributed by atoms with van der Waals surface area (Å²) < 4.78 is 6.87. The van der Waals surface area contributed by atoms with E-state index in [1.165, 1.54) is 0 Å². The maximum Gasteiger partial charge on any atom is 0.410 e. The molecule has 192 valence electrons. The molecule has 2 fully saturated rings. The molecule has 10 heteroatoms. The van der Waals surface area contributed by atoms with Crippen LogP contribution in [0.15, 0.2) is 48.7 Å². The Morgan fingerprint density at radius 1 is 1.16 bits per heavy atom. The molecule has 0 radical (unpaired) electrons. The third-order valence-corrected chi connectivity index (χ3v) is 7.54. The van der Waals surface area contributed by atoms with Crippen LogP contribution in [-0.4, -0.2) is 81.8 Å². The number of fused-ring (bicyclic) bond motifs is 2. The second-order valence-electron chi connectivity index (χ2n) is 9.72. The summed E-state index contributed by atoms with van der Waals surface area (Å²) in [6.45, 7) is 6.02. The summed E-state index contributed by atoms with van der Waals surface area (Å²) in [5, 5.41) is 11.3. The fraction of sp³-hybridized carbons (Fsp3) is 0.407. The first-order chi connectivity index (χ1) is 18.1. The van der Waals surface area contributed by atoms with Gasteiger partial charge in [-0.1, -0.05) is 6.08 Å². The number of carbonyl (C=O) groups is 2. The third kappa shape index (κ3) is 4.53. The summed E-state index contributed by atoms with van der Waals surface area (Å²) in [6.07, 6.45) is 5.44. The Hall–Kier alpha value is -3.92. The van der Waals surface area contributed by atoms with Crippen molar-refractivity contribution >= 4 is 34.9 Å². The summed E-state index contributed by atoms with van der Waals surface area (Å²) >= 11 is 0. The van der Waals surface area contributed by atoms with Crippen LogP contribution in [0.2, 0.25) is 0 Å². The number of nitrogens with one attached hydrogen (secondary N) is 2. The predicted molar refractivity (Wildman–Crippen MR) is 140 cm³/mol. The summed E-state index contributed by atoms with van der Waals surface area (Å²) in [4.78, 5) is 33.5. The number of carbonyl (C=O) groups excluding carboxylic acids is 2. The van der Waals surface area contributed by atoms with Gasteiger partial charge in [0.1, 0.15) is 0 Å². The molecule has 5 heterocycles. The number of benzene rings is 1. The van der Waals surface area contributed by atoms with Crippen LogP contribution in [0.1, 0.15) is 35.7 Å². The van der Waals surface area contributed by atoms with Crippen LogP contribution < -0.4 is 10.6 Å². The number of ether oxygens (including phenoxy) is 1. The summed E-state index contributed by atoms with van der Waals surface area (Å²) in [5.74, 6) is 1.16. The minimum Gasteiger partial charge on any atom is -0.450 e. The molecule has 2 atom stereocenters. The van der Waals surface area contributed by atoms with Crippen LogP contribution in [0.25, 0.3) is 11.2 Å². The Labute approximate surface area is 215 Å². The zero-order valence-electron chi connectivity index (χ0n) is 20.9. The van der Waals surface area contributed by atoms with E-state index in [-0.39, 0.29) is 12.0 Å². The van der Waals surface area contributed by atoms with E-state index in [9.17, 15) is 9.59 Å². The van der Waals surface area contributed by atoms with E-state index in [0.29, 0.717) is 43.2 Å². The van der Waals surface area contributed by atoms with Crippen molar-refractivity contribution in [3.8, 4) is 0 Å². The molecule has 2 N–H and O–H groups in total. The molecule has 3 aliphatic rings. The van der Waals surface area contributed by atoms with Gasteiger partial charge in [-0.25, -0.2) is 9.31 Å². The quantitative estimate of drug-likeness (QED) is 0.554. The maximum absolute atomic E-state index is 13.1. The molecule has 2 aromatic heterocycles. The Kier molecular flexibility index (Phi) is 6.25. The number of amides is 2. The average molecular weight is 502 g/mol. The number of hydrogen-bond donors (Lipinski definition) is 2. The molecule has 10 nitrogen and oxygen atoms in total. The molecule has 0 saturated carbocycles. The molecule has 37 heavy (non-hydrogen) atoms. The fourth-order valence-electron chi connectivity index (χ4n) is 5.60. The molecular weight excluding hydrogens is 470 g/mol. The van der Waals surface area contributed by atoms with E-state index < -0.39 is 0 Å². The molecule has 3 aromatic rings. The molecule has 0 bridgehead atoms. The number of anilines is 2. The molecular formula is C27H31N7O3. The van der Waals surface area contributed by atoms with Gasteiger partial charge in [-0.15, -0.1) is 5.10 Å². The Morgan fingerprint density at radius 2 is 2.03 bits per heavy atom. The second-order valence-corrected chi connectivity index (χ2v) is 9.72. The van der Waals surface area contributed by atoms with Crippen LogP contribution in [0.3, 0.4) is 0 Å². The van der Waals surface area contributed by atoms with Crippen molar-refractivity contribution in [2.75, 3.05) is 44.6 Å². The van der Waals surface area contributed by atoms with Gasteiger partial charge in [0.05, 0.1) is 6.61 Å². The van der Waals surface area contributed by atoms with Gasteiger partial charge in [-0.2, -0.15) is 4.98 Å². The Morgan fingerprint density at radius 3 is 2.81 bits per heavy atom. The Bertz CT molecular complexity index is 1350. The van der Waals surface area contributed by atoms with E-state index in [1.807, 2.05) is 54.4 Å². The number of pyridine rings is 1. The molecule has 0 spiro atoms. The lowest BCUT2D eigenvalue weighted by atomic mass is 10.0. The first kappa shape index (κ1) is 23.5. The largest absolute Gasteiger partial charge is 0.450 e. The van der Waals surface area contributed by atoms with Crippen molar-refractivity contribution in [2.24, 2.45) is 5.92 Å². The van der Waals surface area contributed by atoms with Crippen molar-refractivity contribution in [3.05, 3.63) is 59.8 Å². The van der Waals surface area contributed by atoms with Crippen LogP contribution in [0.4, 0.5) is 16.4 Å². The van der Waals surface area contributed by atoms with E-state index in [0.717, 1.165) is 54.9 Å². The van der Waals surface area contributed by atoms with Gasteiger partial charge in [-0.05, 0) is 67.7 Å². The highest BCUT2D eigenvalue weighted by Gasteiger charge is 2.40. The SMILES string of the molecule is CCOC(=O)N1CC=C(c2cccn3nc(Nc4ccc(C(=O)N5CC[C@H]6CNC[C@H]65)cc4)nc23)CC1. The van der Waals surface area contributed by atoms with E-state index in [4.69, 9.17) is 9.72 Å². The lowest BCUT2D eigenvalue weighted by Gasteiger charge is -2.25. The van der Waals surface area contributed by atoms with Crippen LogP contribution in [0.5, 0.6) is 0 Å². The number of likely N-dealkylation sites (tertiary alicyclic amines) is 1. The number of rotatable bonds is 5. The van der Waals surface area contributed by atoms with Crippen molar-refractivity contribution in [3.63, 3.8) is 0 Å². The van der Waals surface area contributed by atoms with Gasteiger partial charge in [0.2, 0.25) is 5.95 Å². The smallest absolute Gasteiger partial charge is 0.410 e. The monoisotopic (exact) mass is 501 g/mol. The normalized spacial score (nSPS) is 21.2. The summed E-state index contributed by atoms with van der Waals surface area (Å²) in [6, 6.07) is 11.8. The van der Waals surface area contributed by atoms with Gasteiger partial charge in [0.25, 0.3) is 5.91 Å². The van der Waals surface area contributed by atoms with E-state index >= 15 is 0 Å². The topological polar surface area (TPSA) is 104 Å². The van der Waals surface area contributed by atoms with Crippen molar-refractivity contribution in [1.29, 1.82) is 0 Å². The highest BCUT2D eigenvalue weighted by Crippen LogP contribution is 2.29. The summed E-state index contributed by atoms with van der Waals surface area (Å²) in [5.41, 5.74) is 4.40. The Balaban J connectivity index is 1.16. The highest BCUT2D eigenvalue weighted by atomic mass is 16.6. The number of nitrogens with zero attached hydrogens (tertiary/aromatic N) is 5. The standard InChI is InChI=1S/C27H31N7O3/c1-2-37-27(36)32-13-9-18(10-14-32)22-4-3-12-34-24(22)30-26(31-34)29-21-7-5-19(6-8-21)25(35)33-15-11-20-16-28-17-23(20)33/h3-9,12,20,23,28H,2,10-11,13-17H2,1H3,(H,29,31)/t20-,23+/m0/s1. The molecule has 2 amide bonds. The lowest BCUT2D eigenvalue weighted by Crippen LogP contribution is -2.39. The third-order valence-electron chi connectivity index (χ3n) is 7.54. The van der Waals surface area contributed by atoms with Crippen molar-refractivity contribution < 1.29 is 14.3 Å². The van der Waals surface area contributed by atoms with Gasteiger partial charge < -0.3 is 25.2 Å². The molecule has 0 aliphatic carbocycles. The number of hydrogen-bond acceptors (Lipinski definition) is 7. The van der Waals surface area contributed by atoms with Gasteiger partial charge in [-0.3, -0.25) is 4.79 Å². The van der Waals surface area contributed by atoms with Gasteiger partial charge in [0.15, 0.2) is 5.65 Å². The maximum atomic E-state index is 13.1. The second kappa shape index (κ2) is 9.85. The zero-order valence-corrected chi connectivity index (χ0v) is 20.9. The molecule has 0 unspecified atom stereocenters. The molecule has 3 aliphatic heterocycles. The van der Waals surface area contributed by atoms with E-state index in [1.54, 1.807) is 9.42 Å². The first-order valence-corrected chi connectivity index (χ1v) is 13.0. The molecule has 2 saturated heterocycles. The summed E-state index contributed by atoms with van der Waals surface area (Å²) in [7, 11) is 0.